The molecule has 0 spiro atoms. The van der Waals surface area contributed by atoms with E-state index < -0.39 is 0 Å². The summed E-state index contributed by atoms with van der Waals surface area (Å²) in [7, 11) is 0. The molecule has 0 aliphatic heterocycles. The van der Waals surface area contributed by atoms with Gasteiger partial charge >= 0.3 is 0 Å². The van der Waals surface area contributed by atoms with E-state index in [1.807, 2.05) is 6.92 Å². The van der Waals surface area contributed by atoms with Gasteiger partial charge in [-0.15, -0.1) is 0 Å². The highest BCUT2D eigenvalue weighted by atomic mass is 19.1. The number of rotatable bonds is 8. The lowest BCUT2D eigenvalue weighted by molar-refractivity contribution is 0.175. The molecular weight excluding hydrogens is 315 g/mol. The van der Waals surface area contributed by atoms with Crippen molar-refractivity contribution in [2.75, 3.05) is 0 Å². The first-order chi connectivity index (χ1) is 12.0. The molecule has 0 aliphatic rings. The molecule has 25 heavy (non-hydrogen) atoms. The van der Waals surface area contributed by atoms with Crippen LogP contribution in [0, 0.1) is 12.7 Å². The molecule has 0 saturated carbocycles. The number of aromatic nitrogens is 2. The van der Waals surface area contributed by atoms with Gasteiger partial charge < -0.3 is 4.74 Å². The quantitative estimate of drug-likeness (QED) is 0.618. The van der Waals surface area contributed by atoms with Crippen LogP contribution in [0.25, 0.3) is 11.3 Å². The summed E-state index contributed by atoms with van der Waals surface area (Å²) >= 11 is 0. The topological polar surface area (TPSA) is 35.0 Å². The normalized spacial score (nSPS) is 12.2. The van der Waals surface area contributed by atoms with E-state index in [0.717, 1.165) is 60.3 Å². The van der Waals surface area contributed by atoms with E-state index in [9.17, 15) is 4.39 Å². The van der Waals surface area contributed by atoms with Crippen molar-refractivity contribution in [1.29, 1.82) is 0 Å². The fourth-order valence-electron chi connectivity index (χ4n) is 2.99. The summed E-state index contributed by atoms with van der Waals surface area (Å²) in [5, 5.41) is 0. The zero-order valence-corrected chi connectivity index (χ0v) is 16.0. The van der Waals surface area contributed by atoms with Crippen LogP contribution in [0.5, 0.6) is 5.88 Å². The summed E-state index contributed by atoms with van der Waals surface area (Å²) in [5.74, 6) is 0.427. The predicted octanol–water partition coefficient (Wildman–Crippen LogP) is 5.67. The van der Waals surface area contributed by atoms with Gasteiger partial charge in [0.1, 0.15) is 17.6 Å². The van der Waals surface area contributed by atoms with Gasteiger partial charge in [0.05, 0.1) is 11.4 Å². The minimum Gasteiger partial charge on any atom is -0.473 e. The van der Waals surface area contributed by atoms with E-state index in [0.29, 0.717) is 5.88 Å². The van der Waals surface area contributed by atoms with E-state index in [1.54, 1.807) is 12.1 Å². The Morgan fingerprint density at radius 3 is 2.32 bits per heavy atom. The first-order valence-electron chi connectivity index (χ1n) is 9.36. The molecule has 1 unspecified atom stereocenters. The first-order valence-corrected chi connectivity index (χ1v) is 9.36. The Balaban J connectivity index is 2.49. The van der Waals surface area contributed by atoms with Crippen molar-refractivity contribution in [3.05, 3.63) is 41.0 Å². The second-order valence-electron chi connectivity index (χ2n) is 6.37. The zero-order chi connectivity index (χ0) is 18.4. The molecule has 4 heteroatoms. The number of halogens is 1. The van der Waals surface area contributed by atoms with Crippen LogP contribution in [0.2, 0.25) is 0 Å². The Bertz CT molecular complexity index is 715. The van der Waals surface area contributed by atoms with Crippen LogP contribution in [0.15, 0.2) is 18.2 Å². The fourth-order valence-corrected chi connectivity index (χ4v) is 2.99. The highest BCUT2D eigenvalue weighted by Gasteiger charge is 2.18. The Hall–Kier alpha value is -1.97. The fraction of sp³-hybridized carbons (Fsp3) is 0.524. The third kappa shape index (κ3) is 4.56. The monoisotopic (exact) mass is 344 g/mol. The number of benzene rings is 1. The van der Waals surface area contributed by atoms with Gasteiger partial charge in [-0.05, 0) is 56.4 Å². The van der Waals surface area contributed by atoms with Crippen LogP contribution < -0.4 is 4.74 Å². The maximum atomic E-state index is 13.5. The molecule has 0 amide bonds. The van der Waals surface area contributed by atoms with Crippen molar-refractivity contribution in [2.45, 2.75) is 72.8 Å². The van der Waals surface area contributed by atoms with Gasteiger partial charge in [0.2, 0.25) is 5.88 Å². The minimum atomic E-state index is -0.228. The highest BCUT2D eigenvalue weighted by Crippen LogP contribution is 2.29. The average molecular weight is 344 g/mol. The van der Waals surface area contributed by atoms with Crippen LogP contribution in [0.1, 0.15) is 63.9 Å². The van der Waals surface area contributed by atoms with Crippen molar-refractivity contribution in [2.24, 2.45) is 0 Å². The van der Waals surface area contributed by atoms with Crippen molar-refractivity contribution in [1.82, 2.24) is 9.97 Å². The average Bonchev–Trinajstić information content (AvgIpc) is 2.61. The second kappa shape index (κ2) is 8.93. The largest absolute Gasteiger partial charge is 0.473 e. The van der Waals surface area contributed by atoms with E-state index in [-0.39, 0.29) is 11.9 Å². The third-order valence-corrected chi connectivity index (χ3v) is 4.46. The van der Waals surface area contributed by atoms with E-state index in [1.165, 1.54) is 6.07 Å². The lowest BCUT2D eigenvalue weighted by atomic mass is 10.0. The molecule has 3 nitrogen and oxygen atoms in total. The number of hydrogen-bond acceptors (Lipinski definition) is 3. The molecule has 1 aromatic carbocycles. The van der Waals surface area contributed by atoms with E-state index in [4.69, 9.17) is 14.7 Å². The van der Waals surface area contributed by atoms with Gasteiger partial charge in [0.25, 0.3) is 0 Å². The van der Waals surface area contributed by atoms with Gasteiger partial charge in [0.15, 0.2) is 0 Å². The molecule has 136 valence electrons. The van der Waals surface area contributed by atoms with Crippen molar-refractivity contribution in [3.8, 4) is 17.1 Å². The summed E-state index contributed by atoms with van der Waals surface area (Å²) < 4.78 is 19.6. The van der Waals surface area contributed by atoms with Crippen LogP contribution in [0.3, 0.4) is 0 Å². The van der Waals surface area contributed by atoms with E-state index >= 15 is 0 Å². The lowest BCUT2D eigenvalue weighted by Gasteiger charge is -2.20. The van der Waals surface area contributed by atoms with Crippen molar-refractivity contribution >= 4 is 0 Å². The minimum absolute atomic E-state index is 0.174. The van der Waals surface area contributed by atoms with Crippen molar-refractivity contribution < 1.29 is 9.13 Å². The number of ether oxygens (including phenoxy) is 1. The van der Waals surface area contributed by atoms with Gasteiger partial charge in [-0.25, -0.2) is 14.4 Å². The molecule has 2 rings (SSSR count). The molecule has 1 heterocycles. The zero-order valence-electron chi connectivity index (χ0n) is 16.0. The Labute approximate surface area is 150 Å². The Morgan fingerprint density at radius 2 is 1.76 bits per heavy atom. The van der Waals surface area contributed by atoms with Crippen LogP contribution in [-0.2, 0) is 12.8 Å². The van der Waals surface area contributed by atoms with Gasteiger partial charge in [-0.1, -0.05) is 34.1 Å². The summed E-state index contributed by atoms with van der Waals surface area (Å²) in [6, 6.07) is 4.81. The maximum Gasteiger partial charge on any atom is 0.236 e. The summed E-state index contributed by atoms with van der Waals surface area (Å²) in [6.45, 7) is 10.3. The lowest BCUT2D eigenvalue weighted by Crippen LogP contribution is -2.18. The molecule has 0 aliphatic carbocycles. The van der Waals surface area contributed by atoms with Crippen LogP contribution >= 0.6 is 0 Å². The van der Waals surface area contributed by atoms with Crippen LogP contribution in [0.4, 0.5) is 4.39 Å². The molecule has 1 atom stereocenters. The number of hydrogen-bond donors (Lipinski definition) is 0. The Morgan fingerprint density at radius 1 is 1.04 bits per heavy atom. The first kappa shape index (κ1) is 19.4. The molecule has 0 fully saturated rings. The smallest absolute Gasteiger partial charge is 0.236 e. The van der Waals surface area contributed by atoms with E-state index in [2.05, 4.69) is 27.7 Å². The molecule has 1 aromatic heterocycles. The summed E-state index contributed by atoms with van der Waals surface area (Å²) in [6.07, 6.45) is 4.74. The molecule has 0 radical (unpaired) electrons. The van der Waals surface area contributed by atoms with Gasteiger partial charge in [0, 0.05) is 5.56 Å². The third-order valence-electron chi connectivity index (χ3n) is 4.46. The van der Waals surface area contributed by atoms with Gasteiger partial charge in [-0.3, -0.25) is 0 Å². The Kier molecular flexibility index (Phi) is 6.91. The standard InChI is InChI=1S/C21H29FN2O/c1-6-10-16(7-2)25-21-19(9-4)23-20(18(8-3)24-21)17-12-11-15(22)13-14(17)5/h11-13,16H,6-10H2,1-5H3. The highest BCUT2D eigenvalue weighted by molar-refractivity contribution is 5.66. The maximum absolute atomic E-state index is 13.5. The molecular formula is C21H29FN2O. The molecule has 2 aromatic rings. The molecule has 0 N–H and O–H groups in total. The number of aryl methyl sites for hydroxylation is 3. The number of nitrogens with zero attached hydrogens (tertiary/aromatic N) is 2. The van der Waals surface area contributed by atoms with Crippen LogP contribution in [-0.4, -0.2) is 16.1 Å². The summed E-state index contributed by atoms with van der Waals surface area (Å²) in [5.41, 5.74) is 4.41. The second-order valence-corrected chi connectivity index (χ2v) is 6.37. The molecule has 0 bridgehead atoms. The SMILES string of the molecule is CCCC(CC)Oc1nc(CC)c(-c2ccc(F)cc2C)nc1CC. The summed E-state index contributed by atoms with van der Waals surface area (Å²) in [4.78, 5) is 9.65. The predicted molar refractivity (Wildman–Crippen MR) is 101 cm³/mol. The van der Waals surface area contributed by atoms with Gasteiger partial charge in [-0.2, -0.15) is 0 Å². The molecule has 0 saturated heterocycles. The van der Waals surface area contributed by atoms with Crippen molar-refractivity contribution in [3.63, 3.8) is 0 Å².